The first kappa shape index (κ1) is 15.2. The van der Waals surface area contributed by atoms with Crippen molar-refractivity contribution in [3.63, 3.8) is 0 Å². The molecule has 0 bridgehead atoms. The Bertz CT molecular complexity index is 239. The van der Waals surface area contributed by atoms with Gasteiger partial charge in [0.15, 0.2) is 0 Å². The number of thiol groups is 1. The van der Waals surface area contributed by atoms with Gasteiger partial charge in [-0.05, 0) is 25.1 Å². The molecule has 1 atom stereocenters. The molecule has 0 rings (SSSR count). The number of carboxylic acid groups (broad SMARTS) is 1. The van der Waals surface area contributed by atoms with E-state index in [2.05, 4.69) is 22.9 Å². The van der Waals surface area contributed by atoms with Crippen molar-refractivity contribution < 1.29 is 14.3 Å². The van der Waals surface area contributed by atoms with Crippen molar-refractivity contribution in [2.24, 2.45) is 10.7 Å². The Morgan fingerprint density at radius 1 is 1.62 bits per heavy atom. The van der Waals surface area contributed by atoms with E-state index in [1.165, 1.54) is 0 Å². The van der Waals surface area contributed by atoms with Crippen LogP contribution in [0.15, 0.2) is 4.99 Å². The highest BCUT2D eigenvalue weighted by Crippen LogP contribution is 1.95. The summed E-state index contributed by atoms with van der Waals surface area (Å²) < 4.78 is 11.9. The zero-order chi connectivity index (χ0) is 12.4. The molecule has 4 N–H and O–H groups in total. The van der Waals surface area contributed by atoms with Gasteiger partial charge < -0.3 is 16.2 Å². The number of amidine groups is 1. The lowest BCUT2D eigenvalue weighted by molar-refractivity contribution is -0.139. The van der Waals surface area contributed by atoms with Gasteiger partial charge in [0.1, 0.15) is 18.6 Å². The normalized spacial score (nSPS) is 13.8. The van der Waals surface area contributed by atoms with Crippen LogP contribution in [0.3, 0.4) is 0 Å². The summed E-state index contributed by atoms with van der Waals surface area (Å²) in [6.07, 6.45) is 1.09. The van der Waals surface area contributed by atoms with Crippen LogP contribution in [0.2, 0.25) is 0 Å². The highest BCUT2D eigenvalue weighted by Gasteiger charge is 2.14. The fourth-order valence-corrected chi connectivity index (χ4v) is 1.32. The lowest BCUT2D eigenvalue weighted by Crippen LogP contribution is -2.37. The Morgan fingerprint density at radius 3 is 2.81 bits per heavy atom. The van der Waals surface area contributed by atoms with E-state index in [1.807, 2.05) is 0 Å². The molecule has 0 aromatic heterocycles. The van der Waals surface area contributed by atoms with Crippen LogP contribution < -0.4 is 11.1 Å². The lowest BCUT2D eigenvalue weighted by atomic mass is 10.2. The monoisotopic (exact) mass is 251 g/mol. The third kappa shape index (κ3) is 7.47. The molecule has 94 valence electrons. The number of nitrogens with zero attached hydrogens (tertiary/aromatic N) is 1. The van der Waals surface area contributed by atoms with Crippen molar-refractivity contribution >= 4 is 24.4 Å². The van der Waals surface area contributed by atoms with Crippen molar-refractivity contribution in [3.05, 3.63) is 0 Å². The predicted molar refractivity (Wildman–Crippen MR) is 65.0 cm³/mol. The van der Waals surface area contributed by atoms with Gasteiger partial charge in [-0.3, -0.25) is 9.79 Å². The number of rotatable bonds is 9. The Hall–Kier alpha value is -0.820. The van der Waals surface area contributed by atoms with E-state index >= 15 is 0 Å². The molecule has 0 amide bonds. The fraction of sp³-hybridized carbons (Fsp3) is 0.778. The number of carboxylic acids is 1. The summed E-state index contributed by atoms with van der Waals surface area (Å²) in [5.41, 5.74) is 5.16. The van der Waals surface area contributed by atoms with Gasteiger partial charge in [-0.15, -0.1) is 0 Å². The van der Waals surface area contributed by atoms with Crippen molar-refractivity contribution in [2.75, 3.05) is 25.5 Å². The average molecular weight is 251 g/mol. The van der Waals surface area contributed by atoms with E-state index in [0.29, 0.717) is 31.7 Å². The summed E-state index contributed by atoms with van der Waals surface area (Å²) in [5.74, 6) is -0.400. The summed E-state index contributed by atoms with van der Waals surface area (Å²) in [7, 11) is 0. The average Bonchev–Trinajstić information content (AvgIpc) is 2.26. The predicted octanol–water partition coefficient (Wildman–Crippen LogP) is 0.0659. The molecule has 16 heavy (non-hydrogen) atoms. The molecule has 0 aliphatic carbocycles. The van der Waals surface area contributed by atoms with Gasteiger partial charge in [0.05, 0.1) is 0 Å². The Labute approximate surface area is 99.7 Å². The van der Waals surface area contributed by atoms with Crippen LogP contribution in [0.4, 0.5) is 4.39 Å². The number of aliphatic imine (C=N–C) groups is 1. The highest BCUT2D eigenvalue weighted by molar-refractivity contribution is 7.80. The number of hydrogen-bond acceptors (Lipinski definition) is 4. The molecule has 0 saturated carbocycles. The Balaban J connectivity index is 3.66. The van der Waals surface area contributed by atoms with E-state index in [1.54, 1.807) is 0 Å². The van der Waals surface area contributed by atoms with E-state index in [-0.39, 0.29) is 5.84 Å². The molecule has 0 aromatic rings. The first-order valence-corrected chi connectivity index (χ1v) is 5.66. The van der Waals surface area contributed by atoms with Gasteiger partial charge in [-0.1, -0.05) is 0 Å². The number of carbonyl (C=O) groups is 1. The van der Waals surface area contributed by atoms with Crippen LogP contribution in [0.1, 0.15) is 12.8 Å². The second-order valence-corrected chi connectivity index (χ2v) is 3.66. The summed E-state index contributed by atoms with van der Waals surface area (Å²) in [6, 6.07) is -0.583. The Morgan fingerprint density at radius 2 is 2.31 bits per heavy atom. The molecular weight excluding hydrogens is 233 g/mol. The van der Waals surface area contributed by atoms with Gasteiger partial charge >= 0.3 is 5.97 Å². The summed E-state index contributed by atoms with van der Waals surface area (Å²) in [5, 5.41) is 11.7. The van der Waals surface area contributed by atoms with Crippen molar-refractivity contribution in [1.29, 1.82) is 0 Å². The summed E-state index contributed by atoms with van der Waals surface area (Å²) >= 11 is 3.97. The van der Waals surface area contributed by atoms with Crippen LogP contribution >= 0.6 is 12.6 Å². The van der Waals surface area contributed by atoms with Crippen molar-refractivity contribution in [2.45, 2.75) is 18.9 Å². The molecule has 0 radical (unpaired) electrons. The number of halogens is 1. The maximum Gasteiger partial charge on any atom is 0.320 e. The molecule has 5 nitrogen and oxygen atoms in total. The van der Waals surface area contributed by atoms with Crippen molar-refractivity contribution in [3.8, 4) is 0 Å². The molecule has 0 aromatic carbocycles. The molecule has 0 fully saturated rings. The number of hydrogen-bond donors (Lipinski definition) is 4. The topological polar surface area (TPSA) is 87.7 Å². The maximum atomic E-state index is 11.9. The smallest absolute Gasteiger partial charge is 0.320 e. The van der Waals surface area contributed by atoms with E-state index in [9.17, 15) is 9.18 Å². The second-order valence-electron chi connectivity index (χ2n) is 3.22. The Kier molecular flexibility index (Phi) is 8.93. The first-order valence-electron chi connectivity index (χ1n) is 5.03. The van der Waals surface area contributed by atoms with E-state index in [4.69, 9.17) is 10.8 Å². The van der Waals surface area contributed by atoms with E-state index in [0.717, 1.165) is 0 Å². The van der Waals surface area contributed by atoms with E-state index < -0.39 is 18.7 Å². The minimum absolute atomic E-state index is 0.0230. The standard InChI is InChI=1S/C9H18FN3O2S/c10-6-8(11)13-4-1-3-12-7(2-5-16)9(14)15/h7,12,16H,1-6H2,(H2,11,13)(H,14,15). The van der Waals surface area contributed by atoms with Crippen LogP contribution in [-0.4, -0.2) is 48.5 Å². The molecule has 0 spiro atoms. The van der Waals surface area contributed by atoms with Crippen molar-refractivity contribution in [1.82, 2.24) is 5.32 Å². The lowest BCUT2D eigenvalue weighted by Gasteiger charge is -2.12. The third-order valence-electron chi connectivity index (χ3n) is 1.89. The molecule has 0 aliphatic rings. The minimum atomic E-state index is -0.888. The third-order valence-corrected chi connectivity index (χ3v) is 2.15. The van der Waals surface area contributed by atoms with Crippen LogP contribution in [0.25, 0.3) is 0 Å². The fourth-order valence-electron chi connectivity index (χ4n) is 1.06. The molecule has 0 saturated heterocycles. The van der Waals surface area contributed by atoms with Crippen LogP contribution in [0, 0.1) is 0 Å². The molecule has 0 heterocycles. The van der Waals surface area contributed by atoms with Gasteiger partial charge in [0, 0.05) is 6.54 Å². The number of nitrogens with one attached hydrogen (secondary N) is 1. The SMILES string of the molecule is NC(CF)=NCCCNC(CCS)C(=O)O. The molecular formula is C9H18FN3O2S. The zero-order valence-corrected chi connectivity index (χ0v) is 9.92. The highest BCUT2D eigenvalue weighted by atomic mass is 32.1. The quantitative estimate of drug-likeness (QED) is 0.202. The largest absolute Gasteiger partial charge is 0.480 e. The molecule has 7 heteroatoms. The van der Waals surface area contributed by atoms with Crippen LogP contribution in [-0.2, 0) is 4.79 Å². The maximum absolute atomic E-state index is 11.9. The van der Waals surface area contributed by atoms with Gasteiger partial charge in [-0.2, -0.15) is 12.6 Å². The van der Waals surface area contributed by atoms with Crippen LogP contribution in [0.5, 0.6) is 0 Å². The summed E-state index contributed by atoms with van der Waals surface area (Å²) in [6.45, 7) is 0.161. The van der Waals surface area contributed by atoms with Gasteiger partial charge in [0.25, 0.3) is 0 Å². The first-order chi connectivity index (χ1) is 7.61. The number of nitrogens with two attached hydrogens (primary N) is 1. The second kappa shape index (κ2) is 9.41. The van der Waals surface area contributed by atoms with Gasteiger partial charge in [-0.25, -0.2) is 4.39 Å². The molecule has 0 aliphatic heterocycles. The summed E-state index contributed by atoms with van der Waals surface area (Å²) in [4.78, 5) is 14.5. The molecule has 1 unspecified atom stereocenters. The minimum Gasteiger partial charge on any atom is -0.480 e. The van der Waals surface area contributed by atoms with Gasteiger partial charge in [0.2, 0.25) is 0 Å². The number of alkyl halides is 1. The number of aliphatic carboxylic acids is 1. The zero-order valence-electron chi connectivity index (χ0n) is 9.03.